The van der Waals surface area contributed by atoms with Gasteiger partial charge in [-0.05, 0) is 138 Å². The maximum absolute atomic E-state index is 8.36. The van der Waals surface area contributed by atoms with Gasteiger partial charge in [0.15, 0.2) is 0 Å². The molecule has 0 bridgehead atoms. The van der Waals surface area contributed by atoms with E-state index in [9.17, 15) is 0 Å². The van der Waals surface area contributed by atoms with E-state index in [2.05, 4.69) is 216 Å². The van der Waals surface area contributed by atoms with Gasteiger partial charge in [-0.2, -0.15) is 0 Å². The Bertz CT molecular complexity index is 4200. The Balaban J connectivity index is 1.02. The Kier molecular flexibility index (Phi) is 6.75. The summed E-state index contributed by atoms with van der Waals surface area (Å²) in [5.41, 5.74) is 27.7. The first kappa shape index (κ1) is 35.6. The zero-order chi connectivity index (χ0) is 48.8. The summed E-state index contributed by atoms with van der Waals surface area (Å²) in [6.45, 7) is -2.39. The van der Waals surface area contributed by atoms with Crippen LogP contribution in [0.5, 0.6) is 0 Å². The Hall–Kier alpha value is -8.44. The molecule has 1 aromatic heterocycles. The van der Waals surface area contributed by atoms with Crippen LogP contribution in [0.25, 0.3) is 44.5 Å². The second-order valence-electron chi connectivity index (χ2n) is 19.9. The van der Waals surface area contributed by atoms with Crippen LogP contribution in [0.15, 0.2) is 231 Å². The highest BCUT2D eigenvalue weighted by atomic mass is 32.1. The Morgan fingerprint density at radius 1 is 0.394 bits per heavy atom. The SMILES string of the molecule is [2H]C([2H])([2H])c1ccc(N2c3cc4c(cc3B3c5sc6c(c5N(c5ccccc5)c5cccc2c53)-c2ccccc2C62c3ccccc3-c3ccccc32)C2(c3ccccc3-c3ccccc32)c2ccccc2-4)cc1. The van der Waals surface area contributed by atoms with Crippen LogP contribution in [0.2, 0.25) is 0 Å². The summed E-state index contributed by atoms with van der Waals surface area (Å²) in [6, 6.07) is 85.1. The average molecular weight is 920 g/mol. The van der Waals surface area contributed by atoms with Crippen molar-refractivity contribution in [1.82, 2.24) is 0 Å². The zero-order valence-electron chi connectivity index (χ0n) is 41.3. The molecule has 0 fully saturated rings. The molecule has 0 radical (unpaired) electrons. The second-order valence-corrected chi connectivity index (χ2v) is 21.0. The molecule has 4 aliphatic carbocycles. The van der Waals surface area contributed by atoms with Gasteiger partial charge in [0.05, 0.1) is 16.5 Å². The molecule has 10 aromatic carbocycles. The topological polar surface area (TPSA) is 6.48 Å². The number of aryl methyl sites for hydroxylation is 1. The van der Waals surface area contributed by atoms with Gasteiger partial charge in [-0.1, -0.05) is 194 Å². The highest BCUT2D eigenvalue weighted by Gasteiger charge is 2.58. The summed E-state index contributed by atoms with van der Waals surface area (Å²) in [6.07, 6.45) is 0. The first-order chi connectivity index (χ1) is 36.4. The highest BCUT2D eigenvalue weighted by molar-refractivity contribution is 7.30. The van der Waals surface area contributed by atoms with Crippen LogP contribution in [0.1, 0.15) is 53.5 Å². The van der Waals surface area contributed by atoms with E-state index < -0.39 is 17.7 Å². The summed E-state index contributed by atoms with van der Waals surface area (Å²) in [7, 11) is 0. The maximum atomic E-state index is 8.36. The smallest absolute Gasteiger partial charge is 0.264 e. The van der Waals surface area contributed by atoms with Crippen molar-refractivity contribution in [2.45, 2.75) is 17.7 Å². The third kappa shape index (κ3) is 4.45. The fraction of sp³-hybridized carbons (Fsp3) is 0.0448. The van der Waals surface area contributed by atoms with E-state index in [4.69, 9.17) is 4.11 Å². The molecular weight excluding hydrogens is 876 g/mol. The first-order valence-corrected chi connectivity index (χ1v) is 25.5. The molecule has 2 aliphatic heterocycles. The molecule has 328 valence electrons. The van der Waals surface area contributed by atoms with E-state index in [0.29, 0.717) is 5.56 Å². The molecule has 0 N–H and O–H groups in total. The molecule has 3 heterocycles. The molecule has 6 aliphatic rings. The van der Waals surface area contributed by atoms with Crippen molar-refractivity contribution in [3.8, 4) is 44.5 Å². The zero-order valence-corrected chi connectivity index (χ0v) is 39.1. The Morgan fingerprint density at radius 2 is 0.859 bits per heavy atom. The second kappa shape index (κ2) is 13.5. The van der Waals surface area contributed by atoms with Crippen LogP contribution in [0.4, 0.5) is 34.1 Å². The lowest BCUT2D eigenvalue weighted by molar-refractivity contribution is 0.794. The average Bonchev–Trinajstić information content (AvgIpc) is 4.21. The lowest BCUT2D eigenvalue weighted by Gasteiger charge is -2.44. The summed E-state index contributed by atoms with van der Waals surface area (Å²) in [5.74, 6) is 0. The minimum atomic E-state index is -2.23. The normalized spacial score (nSPS) is 16.1. The van der Waals surface area contributed by atoms with Crippen LogP contribution < -0.4 is 25.5 Å². The molecular formula is C67H41BN2S. The number of para-hydroxylation sites is 1. The minimum absolute atomic E-state index is 0.159. The third-order valence-corrected chi connectivity index (χ3v) is 18.3. The van der Waals surface area contributed by atoms with E-state index in [0.717, 1.165) is 28.4 Å². The fourth-order valence-electron chi connectivity index (χ4n) is 14.5. The summed E-state index contributed by atoms with van der Waals surface area (Å²) < 4.78 is 26.4. The lowest BCUT2D eigenvalue weighted by atomic mass is 9.36. The van der Waals surface area contributed by atoms with Gasteiger partial charge < -0.3 is 9.80 Å². The van der Waals surface area contributed by atoms with Gasteiger partial charge in [0.2, 0.25) is 0 Å². The van der Waals surface area contributed by atoms with Crippen LogP contribution in [-0.4, -0.2) is 6.71 Å². The van der Waals surface area contributed by atoms with E-state index in [1.807, 2.05) is 23.5 Å². The number of rotatable bonds is 2. The monoisotopic (exact) mass is 919 g/mol. The van der Waals surface area contributed by atoms with Crippen LogP contribution in [-0.2, 0) is 10.8 Å². The quantitative estimate of drug-likeness (QED) is 0.159. The molecule has 2 nitrogen and oxygen atoms in total. The molecule has 2 spiro atoms. The van der Waals surface area contributed by atoms with Gasteiger partial charge in [-0.25, -0.2) is 0 Å². The Labute approximate surface area is 421 Å². The fourth-order valence-corrected chi connectivity index (χ4v) is 16.2. The molecule has 17 rings (SSSR count). The van der Waals surface area contributed by atoms with Crippen molar-refractivity contribution in [2.75, 3.05) is 9.80 Å². The molecule has 0 saturated heterocycles. The molecule has 0 amide bonds. The molecule has 11 aromatic rings. The van der Waals surface area contributed by atoms with Gasteiger partial charge in [-0.15, -0.1) is 11.3 Å². The number of hydrogen-bond donors (Lipinski definition) is 0. The van der Waals surface area contributed by atoms with Gasteiger partial charge in [-0.3, -0.25) is 0 Å². The number of fused-ring (bicyclic) bond motifs is 25. The van der Waals surface area contributed by atoms with E-state index in [1.165, 1.54) is 110 Å². The van der Waals surface area contributed by atoms with Crippen molar-refractivity contribution in [1.29, 1.82) is 0 Å². The first-order valence-electron chi connectivity index (χ1n) is 26.2. The number of anilines is 6. The van der Waals surface area contributed by atoms with Crippen molar-refractivity contribution >= 4 is 67.9 Å². The number of thiophene rings is 1. The molecule has 0 saturated carbocycles. The highest BCUT2D eigenvalue weighted by Crippen LogP contribution is 2.68. The number of benzene rings is 10. The van der Waals surface area contributed by atoms with E-state index >= 15 is 0 Å². The molecule has 4 heteroatoms. The van der Waals surface area contributed by atoms with Gasteiger partial charge in [0, 0.05) is 47.8 Å². The predicted octanol–water partition coefficient (Wildman–Crippen LogP) is 14.8. The van der Waals surface area contributed by atoms with Crippen LogP contribution in [0.3, 0.4) is 0 Å². The number of nitrogens with zero attached hydrogens (tertiary/aromatic N) is 2. The Morgan fingerprint density at radius 3 is 1.42 bits per heavy atom. The molecule has 0 atom stereocenters. The van der Waals surface area contributed by atoms with Crippen LogP contribution >= 0.6 is 11.3 Å². The predicted molar refractivity (Wildman–Crippen MR) is 296 cm³/mol. The number of hydrogen-bond acceptors (Lipinski definition) is 3. The standard InChI is InChI=1S/C67H41BN2S/c1-40-34-36-42(37-35-40)69-58-32-17-33-59-62(58)68(57-39-56-49(38-60(57)69)47-24-9-13-28-52(47)66(56)50-26-11-5-20-43(50)44-21-6-12-27-51(44)66)65-63(70(59)41-18-3-2-4-19-41)61-48-25-10-16-31-55(48)67(64(61)71-65)53-29-14-7-22-45(53)46-23-8-15-30-54(46)67/h2-39H,1H3/i1D3. The third-order valence-electron chi connectivity index (χ3n) is 17.0. The van der Waals surface area contributed by atoms with E-state index in [1.54, 1.807) is 12.1 Å². The van der Waals surface area contributed by atoms with Crippen molar-refractivity contribution < 1.29 is 4.11 Å². The van der Waals surface area contributed by atoms with Gasteiger partial charge in [0.25, 0.3) is 6.71 Å². The summed E-state index contributed by atoms with van der Waals surface area (Å²) in [4.78, 5) is 6.36. The van der Waals surface area contributed by atoms with Crippen molar-refractivity contribution in [3.63, 3.8) is 0 Å². The summed E-state index contributed by atoms with van der Waals surface area (Å²) >= 11 is 2.01. The lowest BCUT2D eigenvalue weighted by Crippen LogP contribution is -2.60. The van der Waals surface area contributed by atoms with Crippen molar-refractivity contribution in [3.05, 3.63) is 280 Å². The van der Waals surface area contributed by atoms with Crippen molar-refractivity contribution in [2.24, 2.45) is 0 Å². The largest absolute Gasteiger partial charge is 0.311 e. The maximum Gasteiger partial charge on any atom is 0.264 e. The molecule has 0 unspecified atom stereocenters. The minimum Gasteiger partial charge on any atom is -0.311 e. The molecule has 71 heavy (non-hydrogen) atoms. The van der Waals surface area contributed by atoms with Gasteiger partial charge >= 0.3 is 0 Å². The summed E-state index contributed by atoms with van der Waals surface area (Å²) in [5, 5.41) is 0. The van der Waals surface area contributed by atoms with Gasteiger partial charge in [0.1, 0.15) is 0 Å². The van der Waals surface area contributed by atoms with E-state index in [-0.39, 0.29) is 6.71 Å². The van der Waals surface area contributed by atoms with Crippen LogP contribution in [0, 0.1) is 6.85 Å².